The number of nitrogens with zero attached hydrogens (tertiary/aromatic N) is 4. The van der Waals surface area contributed by atoms with Crippen LogP contribution >= 0.6 is 11.8 Å². The van der Waals surface area contributed by atoms with Crippen LogP contribution in [-0.2, 0) is 6.54 Å². The van der Waals surface area contributed by atoms with Gasteiger partial charge < -0.3 is 4.57 Å². The molecule has 3 aromatic rings. The molecular weight excluding hydrogens is 387 g/mol. The molecule has 5 nitrogen and oxygen atoms in total. The maximum absolute atomic E-state index is 14.2. The van der Waals surface area contributed by atoms with E-state index in [0.717, 1.165) is 17.0 Å². The van der Waals surface area contributed by atoms with E-state index < -0.39 is 0 Å². The van der Waals surface area contributed by atoms with Crippen LogP contribution in [0.4, 0.5) is 4.39 Å². The normalized spacial score (nSPS) is 13.6. The van der Waals surface area contributed by atoms with Gasteiger partial charge in [0, 0.05) is 29.5 Å². The molecular formula is C22H23FN4OS. The third kappa shape index (κ3) is 3.79. The number of carbonyl (C=O) groups excluding carboxylic acids is 1. The van der Waals surface area contributed by atoms with Gasteiger partial charge in [-0.15, -0.1) is 16.8 Å². The van der Waals surface area contributed by atoms with Gasteiger partial charge in [-0.1, -0.05) is 30.0 Å². The summed E-state index contributed by atoms with van der Waals surface area (Å²) in [6.07, 6.45) is 4.08. The number of benzene rings is 1. The fraction of sp³-hybridized carbons (Fsp3) is 0.318. The van der Waals surface area contributed by atoms with E-state index in [2.05, 4.69) is 28.3 Å². The summed E-state index contributed by atoms with van der Waals surface area (Å²) in [7, 11) is 0. The Hall–Kier alpha value is -2.67. The molecule has 1 aliphatic carbocycles. The molecule has 4 rings (SSSR count). The maximum Gasteiger partial charge on any atom is 0.192 e. The minimum absolute atomic E-state index is 0.0654. The predicted octanol–water partition coefficient (Wildman–Crippen LogP) is 5.00. The van der Waals surface area contributed by atoms with Crippen molar-refractivity contribution in [2.24, 2.45) is 0 Å². The molecule has 0 atom stereocenters. The lowest BCUT2D eigenvalue weighted by molar-refractivity contribution is 0.102. The number of Topliss-reactive ketones (excluding diaryl/α,β-unsaturated/α-hetero) is 1. The first-order chi connectivity index (χ1) is 14.0. The van der Waals surface area contributed by atoms with Crippen molar-refractivity contribution in [2.45, 2.75) is 44.4 Å². The predicted molar refractivity (Wildman–Crippen MR) is 113 cm³/mol. The summed E-state index contributed by atoms with van der Waals surface area (Å²) in [6.45, 7) is 8.27. The van der Waals surface area contributed by atoms with Crippen molar-refractivity contribution in [3.8, 4) is 11.4 Å². The van der Waals surface area contributed by atoms with Crippen molar-refractivity contribution in [1.29, 1.82) is 0 Å². The van der Waals surface area contributed by atoms with E-state index in [-0.39, 0.29) is 17.4 Å². The van der Waals surface area contributed by atoms with Crippen LogP contribution in [-0.4, -0.2) is 30.9 Å². The molecule has 0 bridgehead atoms. The average molecular weight is 411 g/mol. The Kier molecular flexibility index (Phi) is 5.41. The molecule has 2 aromatic heterocycles. The smallest absolute Gasteiger partial charge is 0.192 e. The zero-order valence-electron chi connectivity index (χ0n) is 16.6. The summed E-state index contributed by atoms with van der Waals surface area (Å²) < 4.78 is 18.3. The van der Waals surface area contributed by atoms with E-state index >= 15 is 0 Å². The molecule has 1 saturated carbocycles. The van der Waals surface area contributed by atoms with Crippen molar-refractivity contribution in [3.05, 3.63) is 65.8 Å². The van der Waals surface area contributed by atoms with Gasteiger partial charge in [0.05, 0.1) is 11.3 Å². The molecule has 0 saturated heterocycles. The molecule has 0 amide bonds. The highest BCUT2D eigenvalue weighted by Crippen LogP contribution is 2.38. The number of aryl methyl sites for hydroxylation is 1. The molecule has 1 fully saturated rings. The number of hydrogen-bond acceptors (Lipinski definition) is 4. The summed E-state index contributed by atoms with van der Waals surface area (Å²) in [6, 6.07) is 9.00. The number of carbonyl (C=O) groups is 1. The van der Waals surface area contributed by atoms with Crippen molar-refractivity contribution in [3.63, 3.8) is 0 Å². The zero-order valence-corrected chi connectivity index (χ0v) is 17.4. The van der Waals surface area contributed by atoms with Crippen LogP contribution in [0, 0.1) is 19.7 Å². The number of allylic oxidation sites excluding steroid dienone is 1. The van der Waals surface area contributed by atoms with Gasteiger partial charge >= 0.3 is 0 Å². The van der Waals surface area contributed by atoms with Crippen LogP contribution in [0.1, 0.15) is 40.6 Å². The van der Waals surface area contributed by atoms with Crippen molar-refractivity contribution < 1.29 is 9.18 Å². The first-order valence-electron chi connectivity index (χ1n) is 9.64. The van der Waals surface area contributed by atoms with Crippen LogP contribution < -0.4 is 0 Å². The molecule has 7 heteroatoms. The fourth-order valence-corrected chi connectivity index (χ4v) is 4.52. The molecule has 29 heavy (non-hydrogen) atoms. The molecule has 150 valence electrons. The molecule has 0 N–H and O–H groups in total. The second kappa shape index (κ2) is 7.99. The van der Waals surface area contributed by atoms with E-state index in [9.17, 15) is 9.18 Å². The largest absolute Gasteiger partial charge is 0.345 e. The quantitative estimate of drug-likeness (QED) is 0.298. The molecule has 1 aliphatic rings. The van der Waals surface area contributed by atoms with Gasteiger partial charge in [-0.25, -0.2) is 4.39 Å². The second-order valence-electron chi connectivity index (χ2n) is 7.28. The van der Waals surface area contributed by atoms with Gasteiger partial charge in [0.1, 0.15) is 5.82 Å². The Morgan fingerprint density at radius 3 is 2.76 bits per heavy atom. The van der Waals surface area contributed by atoms with Gasteiger partial charge in [-0.3, -0.25) is 9.36 Å². The van der Waals surface area contributed by atoms with Gasteiger partial charge in [0.2, 0.25) is 0 Å². The SMILES string of the molecule is C=CCn1c(SCC(=O)c2cc(C)n(C3CC3)c2C)nnc1-c1ccccc1F. The molecule has 0 unspecified atom stereocenters. The van der Waals surface area contributed by atoms with Crippen LogP contribution in [0.3, 0.4) is 0 Å². The fourth-order valence-electron chi connectivity index (χ4n) is 3.69. The Labute approximate surface area is 173 Å². The maximum atomic E-state index is 14.2. The van der Waals surface area contributed by atoms with E-state index in [1.807, 2.05) is 13.0 Å². The topological polar surface area (TPSA) is 52.7 Å². The first kappa shape index (κ1) is 19.6. The van der Waals surface area contributed by atoms with Crippen molar-refractivity contribution in [2.75, 3.05) is 5.75 Å². The highest BCUT2D eigenvalue weighted by atomic mass is 32.2. The standard InChI is InChI=1S/C22H23FN4OS/c1-4-11-26-21(17-7-5-6-8-19(17)23)24-25-22(26)29-13-20(28)18-12-14(2)27(15(18)3)16-9-10-16/h4-8,12,16H,1,9-11,13H2,2-3H3. The second-order valence-corrected chi connectivity index (χ2v) is 8.23. The third-order valence-electron chi connectivity index (χ3n) is 5.17. The summed E-state index contributed by atoms with van der Waals surface area (Å²) in [4.78, 5) is 12.9. The minimum atomic E-state index is -0.356. The van der Waals surface area contributed by atoms with E-state index in [0.29, 0.717) is 29.1 Å². The average Bonchev–Trinajstić information content (AvgIpc) is 3.38. The zero-order chi connectivity index (χ0) is 20.5. The van der Waals surface area contributed by atoms with Crippen molar-refractivity contribution >= 4 is 17.5 Å². The number of aromatic nitrogens is 4. The Bertz CT molecular complexity index is 1080. The third-order valence-corrected chi connectivity index (χ3v) is 6.14. The van der Waals surface area contributed by atoms with Gasteiger partial charge in [0.25, 0.3) is 0 Å². The summed E-state index contributed by atoms with van der Waals surface area (Å²) in [5.41, 5.74) is 3.32. The van der Waals surface area contributed by atoms with E-state index in [1.54, 1.807) is 28.8 Å². The lowest BCUT2D eigenvalue weighted by Crippen LogP contribution is -2.07. The van der Waals surface area contributed by atoms with Crippen molar-refractivity contribution in [1.82, 2.24) is 19.3 Å². The lowest BCUT2D eigenvalue weighted by atomic mass is 10.2. The first-order valence-corrected chi connectivity index (χ1v) is 10.6. The molecule has 0 spiro atoms. The Balaban J connectivity index is 1.56. The molecule has 1 aromatic carbocycles. The van der Waals surface area contributed by atoms with Gasteiger partial charge in [-0.05, 0) is 44.9 Å². The van der Waals surface area contributed by atoms with Crippen LogP contribution in [0.2, 0.25) is 0 Å². The lowest BCUT2D eigenvalue weighted by Gasteiger charge is -2.09. The van der Waals surface area contributed by atoms with E-state index in [4.69, 9.17) is 0 Å². The number of halogens is 1. The summed E-state index contributed by atoms with van der Waals surface area (Å²) in [5, 5.41) is 8.95. The Morgan fingerprint density at radius 1 is 1.31 bits per heavy atom. The molecule has 0 aliphatic heterocycles. The van der Waals surface area contributed by atoms with Gasteiger partial charge in [0.15, 0.2) is 16.8 Å². The number of thioether (sulfide) groups is 1. The molecule has 2 heterocycles. The highest BCUT2D eigenvalue weighted by molar-refractivity contribution is 7.99. The van der Waals surface area contributed by atoms with Gasteiger partial charge in [-0.2, -0.15) is 0 Å². The van der Waals surface area contributed by atoms with Crippen LogP contribution in [0.5, 0.6) is 0 Å². The van der Waals surface area contributed by atoms with Crippen LogP contribution in [0.25, 0.3) is 11.4 Å². The Morgan fingerprint density at radius 2 is 2.07 bits per heavy atom. The highest BCUT2D eigenvalue weighted by Gasteiger charge is 2.28. The number of hydrogen-bond donors (Lipinski definition) is 0. The monoisotopic (exact) mass is 410 g/mol. The minimum Gasteiger partial charge on any atom is -0.345 e. The molecule has 0 radical (unpaired) electrons. The summed E-state index contributed by atoms with van der Waals surface area (Å²) in [5.74, 6) is 0.396. The van der Waals surface area contributed by atoms with Crippen LogP contribution in [0.15, 0.2) is 48.1 Å². The summed E-state index contributed by atoms with van der Waals surface area (Å²) >= 11 is 1.32. The van der Waals surface area contributed by atoms with E-state index in [1.165, 1.54) is 30.7 Å². The number of rotatable bonds is 8. The number of ketones is 1.